The van der Waals surface area contributed by atoms with Crippen molar-refractivity contribution in [3.05, 3.63) is 0 Å². The van der Waals surface area contributed by atoms with Crippen LogP contribution in [0.15, 0.2) is 4.99 Å². The number of halogens is 1. The van der Waals surface area contributed by atoms with Gasteiger partial charge in [-0.15, -0.1) is 24.0 Å². The van der Waals surface area contributed by atoms with Gasteiger partial charge in [-0.25, -0.2) is 4.79 Å². The summed E-state index contributed by atoms with van der Waals surface area (Å²) in [7, 11) is 3.20. The van der Waals surface area contributed by atoms with Crippen LogP contribution in [0.3, 0.4) is 0 Å². The van der Waals surface area contributed by atoms with Gasteiger partial charge in [-0.05, 0) is 32.1 Å². The van der Waals surface area contributed by atoms with Gasteiger partial charge in [0.15, 0.2) is 5.96 Å². The molecular formula is C17H33IN4O4. The van der Waals surface area contributed by atoms with E-state index in [0.717, 1.165) is 64.4 Å². The van der Waals surface area contributed by atoms with Gasteiger partial charge in [0.1, 0.15) is 0 Å². The van der Waals surface area contributed by atoms with Crippen molar-refractivity contribution in [3.63, 3.8) is 0 Å². The van der Waals surface area contributed by atoms with Crippen LogP contribution in [0.25, 0.3) is 0 Å². The number of hydrogen-bond acceptors (Lipinski definition) is 5. The number of guanidine groups is 1. The summed E-state index contributed by atoms with van der Waals surface area (Å²) in [5, 5.41) is 6.75. The zero-order valence-corrected chi connectivity index (χ0v) is 18.2. The number of rotatable bonds is 6. The molecule has 0 aromatic carbocycles. The lowest BCUT2D eigenvalue weighted by Crippen LogP contribution is -2.49. The minimum atomic E-state index is -0.245. The van der Waals surface area contributed by atoms with Crippen molar-refractivity contribution in [2.75, 3.05) is 53.6 Å². The summed E-state index contributed by atoms with van der Waals surface area (Å²) >= 11 is 0. The molecule has 152 valence electrons. The number of ether oxygens (including phenoxy) is 3. The molecule has 2 fully saturated rings. The highest BCUT2D eigenvalue weighted by Crippen LogP contribution is 2.11. The van der Waals surface area contributed by atoms with E-state index in [-0.39, 0.29) is 30.1 Å². The van der Waals surface area contributed by atoms with Crippen LogP contribution in [0.5, 0.6) is 0 Å². The number of piperidine rings is 1. The fourth-order valence-electron chi connectivity index (χ4n) is 3.10. The fraction of sp³-hybridized carbons (Fsp3) is 0.882. The molecule has 0 atom stereocenters. The molecule has 0 aromatic rings. The molecule has 2 N–H and O–H groups in total. The van der Waals surface area contributed by atoms with Crippen LogP contribution < -0.4 is 10.6 Å². The third-order valence-corrected chi connectivity index (χ3v) is 4.63. The van der Waals surface area contributed by atoms with E-state index in [0.29, 0.717) is 25.2 Å². The summed E-state index contributed by atoms with van der Waals surface area (Å²) in [6, 6.07) is 0.325. The molecule has 1 amide bonds. The molecule has 0 spiro atoms. The summed E-state index contributed by atoms with van der Waals surface area (Å²) in [5.41, 5.74) is 0. The van der Waals surface area contributed by atoms with Crippen LogP contribution >= 0.6 is 24.0 Å². The minimum Gasteiger partial charge on any atom is -0.453 e. The average molecular weight is 484 g/mol. The zero-order valence-electron chi connectivity index (χ0n) is 15.9. The first kappa shape index (κ1) is 23.2. The van der Waals surface area contributed by atoms with E-state index in [1.807, 2.05) is 0 Å². The maximum absolute atomic E-state index is 11.5. The number of methoxy groups -OCH3 is 1. The number of nitrogens with one attached hydrogen (secondary N) is 2. The molecule has 0 saturated carbocycles. The molecule has 8 nitrogen and oxygen atoms in total. The third-order valence-electron chi connectivity index (χ3n) is 4.63. The standard InChI is InChI=1S/C17H32N4O4.HI/c1-18-16(19-8-3-11-25-15-6-12-24-13-7-15)20-14-4-9-21(10-5-14)17(22)23-2;/h14-15H,3-13H2,1-2H3,(H2,18,19,20);1H. The number of aliphatic imine (C=N–C) groups is 1. The first-order chi connectivity index (χ1) is 12.2. The van der Waals surface area contributed by atoms with Crippen molar-refractivity contribution in [2.24, 2.45) is 4.99 Å². The maximum Gasteiger partial charge on any atom is 0.409 e. The summed E-state index contributed by atoms with van der Waals surface area (Å²) in [5.74, 6) is 0.808. The van der Waals surface area contributed by atoms with E-state index >= 15 is 0 Å². The molecule has 2 heterocycles. The lowest BCUT2D eigenvalue weighted by atomic mass is 10.1. The molecule has 0 radical (unpaired) electrons. The predicted molar refractivity (Wildman–Crippen MR) is 111 cm³/mol. The summed E-state index contributed by atoms with van der Waals surface area (Å²) < 4.78 is 15.9. The third kappa shape index (κ3) is 8.26. The molecule has 0 aromatic heterocycles. The molecule has 2 aliphatic heterocycles. The van der Waals surface area contributed by atoms with Crippen molar-refractivity contribution >= 4 is 36.0 Å². The Bertz CT molecular complexity index is 425. The Morgan fingerprint density at radius 2 is 1.92 bits per heavy atom. The van der Waals surface area contributed by atoms with Gasteiger partial charge >= 0.3 is 6.09 Å². The van der Waals surface area contributed by atoms with Crippen LogP contribution in [0.4, 0.5) is 4.79 Å². The van der Waals surface area contributed by atoms with E-state index in [1.165, 1.54) is 7.11 Å². The van der Waals surface area contributed by atoms with Crippen molar-refractivity contribution < 1.29 is 19.0 Å². The second-order valence-electron chi connectivity index (χ2n) is 6.41. The number of hydrogen-bond donors (Lipinski definition) is 2. The van der Waals surface area contributed by atoms with E-state index in [4.69, 9.17) is 14.2 Å². The summed E-state index contributed by atoms with van der Waals surface area (Å²) in [4.78, 5) is 17.5. The topological polar surface area (TPSA) is 84.4 Å². The second kappa shape index (κ2) is 13.4. The van der Waals surface area contributed by atoms with E-state index in [2.05, 4.69) is 15.6 Å². The van der Waals surface area contributed by atoms with E-state index in [9.17, 15) is 4.79 Å². The van der Waals surface area contributed by atoms with Gasteiger partial charge in [-0.2, -0.15) is 0 Å². The summed E-state index contributed by atoms with van der Waals surface area (Å²) in [6.07, 6.45) is 4.84. The Balaban J connectivity index is 0.00000338. The lowest BCUT2D eigenvalue weighted by Gasteiger charge is -2.32. The number of likely N-dealkylation sites (tertiary alicyclic amines) is 1. The highest BCUT2D eigenvalue weighted by atomic mass is 127. The molecular weight excluding hydrogens is 451 g/mol. The van der Waals surface area contributed by atoms with Gasteiger partial charge in [0.2, 0.25) is 0 Å². The van der Waals surface area contributed by atoms with Crippen molar-refractivity contribution in [3.8, 4) is 0 Å². The molecule has 0 bridgehead atoms. The second-order valence-corrected chi connectivity index (χ2v) is 6.41. The van der Waals surface area contributed by atoms with Gasteiger partial charge in [-0.3, -0.25) is 4.99 Å². The Morgan fingerprint density at radius 1 is 1.23 bits per heavy atom. The Hall–Kier alpha value is -0.810. The van der Waals surface area contributed by atoms with Crippen LogP contribution in [0.1, 0.15) is 32.1 Å². The Labute approximate surface area is 173 Å². The Morgan fingerprint density at radius 3 is 2.54 bits per heavy atom. The van der Waals surface area contributed by atoms with Crippen LogP contribution in [0, 0.1) is 0 Å². The smallest absolute Gasteiger partial charge is 0.409 e. The molecule has 26 heavy (non-hydrogen) atoms. The molecule has 0 aliphatic carbocycles. The summed E-state index contributed by atoms with van der Waals surface area (Å²) in [6.45, 7) is 4.62. The number of nitrogens with zero attached hydrogens (tertiary/aromatic N) is 2. The van der Waals surface area contributed by atoms with Crippen LogP contribution in [-0.4, -0.2) is 82.7 Å². The normalized spacial score (nSPS) is 19.6. The number of amides is 1. The van der Waals surface area contributed by atoms with Crippen LogP contribution in [0.2, 0.25) is 0 Å². The molecule has 0 unspecified atom stereocenters. The molecule has 2 rings (SSSR count). The quantitative estimate of drug-likeness (QED) is 0.258. The number of carbonyl (C=O) groups excluding carboxylic acids is 1. The van der Waals surface area contributed by atoms with Gasteiger partial charge in [0.25, 0.3) is 0 Å². The van der Waals surface area contributed by atoms with Gasteiger partial charge < -0.3 is 29.7 Å². The highest BCUT2D eigenvalue weighted by molar-refractivity contribution is 14.0. The van der Waals surface area contributed by atoms with Gasteiger partial charge in [-0.1, -0.05) is 0 Å². The molecule has 2 aliphatic rings. The van der Waals surface area contributed by atoms with Crippen molar-refractivity contribution in [2.45, 2.75) is 44.2 Å². The molecule has 9 heteroatoms. The highest BCUT2D eigenvalue weighted by Gasteiger charge is 2.23. The zero-order chi connectivity index (χ0) is 17.9. The predicted octanol–water partition coefficient (Wildman–Crippen LogP) is 1.59. The monoisotopic (exact) mass is 484 g/mol. The Kier molecular flexibility index (Phi) is 11.9. The first-order valence-electron chi connectivity index (χ1n) is 9.22. The largest absolute Gasteiger partial charge is 0.453 e. The molecule has 2 saturated heterocycles. The number of carbonyl (C=O) groups is 1. The van der Waals surface area contributed by atoms with Crippen LogP contribution in [-0.2, 0) is 14.2 Å². The lowest BCUT2D eigenvalue weighted by molar-refractivity contribution is -0.0320. The minimum absolute atomic E-state index is 0. The SMILES string of the molecule is CN=C(NCCCOC1CCOCC1)NC1CCN(C(=O)OC)CC1.I. The van der Waals surface area contributed by atoms with E-state index < -0.39 is 0 Å². The average Bonchev–Trinajstić information content (AvgIpc) is 2.67. The maximum atomic E-state index is 11.5. The van der Waals surface area contributed by atoms with Crippen molar-refractivity contribution in [1.82, 2.24) is 15.5 Å². The van der Waals surface area contributed by atoms with E-state index in [1.54, 1.807) is 11.9 Å². The van der Waals surface area contributed by atoms with Gasteiger partial charge in [0, 0.05) is 52.5 Å². The first-order valence-corrected chi connectivity index (χ1v) is 9.22. The van der Waals surface area contributed by atoms with Crippen molar-refractivity contribution in [1.29, 1.82) is 0 Å². The van der Waals surface area contributed by atoms with Gasteiger partial charge in [0.05, 0.1) is 13.2 Å². The fourth-order valence-corrected chi connectivity index (χ4v) is 3.10.